The molecule has 0 radical (unpaired) electrons. The van der Waals surface area contributed by atoms with Gasteiger partial charge in [0.1, 0.15) is 5.75 Å². The van der Waals surface area contributed by atoms with Gasteiger partial charge in [-0.1, -0.05) is 117 Å². The van der Waals surface area contributed by atoms with Crippen LogP contribution in [-0.2, 0) is 26.1 Å². The van der Waals surface area contributed by atoms with Crippen LogP contribution in [0, 0.1) is 5.92 Å². The zero-order chi connectivity index (χ0) is 34.3. The van der Waals surface area contributed by atoms with E-state index in [0.29, 0.717) is 11.3 Å². The Morgan fingerprint density at radius 3 is 2.23 bits per heavy atom. The maximum atomic E-state index is 13.9. The normalized spacial score (nSPS) is 19.6. The van der Waals surface area contributed by atoms with E-state index in [1.807, 2.05) is 55.5 Å². The van der Waals surface area contributed by atoms with Gasteiger partial charge >= 0.3 is 5.97 Å². The lowest BCUT2D eigenvalue weighted by molar-refractivity contribution is -0.139. The first kappa shape index (κ1) is 35.1. The lowest BCUT2D eigenvalue weighted by atomic mass is 9.74. The van der Waals surface area contributed by atoms with Gasteiger partial charge in [-0.15, -0.1) is 0 Å². The van der Waals surface area contributed by atoms with Gasteiger partial charge < -0.3 is 14.6 Å². The molecule has 0 saturated carbocycles. The molecule has 48 heavy (non-hydrogen) atoms. The minimum atomic E-state index is -3.91. The molecule has 1 aliphatic rings. The fourth-order valence-corrected chi connectivity index (χ4v) is 7.74. The van der Waals surface area contributed by atoms with Crippen molar-refractivity contribution in [3.8, 4) is 16.9 Å². The van der Waals surface area contributed by atoms with Gasteiger partial charge in [-0.3, -0.25) is 0 Å². The van der Waals surface area contributed by atoms with Gasteiger partial charge in [-0.05, 0) is 60.2 Å². The molecule has 4 aromatic carbocycles. The van der Waals surface area contributed by atoms with Crippen LogP contribution in [-0.4, -0.2) is 43.6 Å². The largest absolute Gasteiger partial charge is 0.482 e. The van der Waals surface area contributed by atoms with Crippen LogP contribution >= 0.6 is 0 Å². The van der Waals surface area contributed by atoms with Gasteiger partial charge in [0.15, 0.2) is 6.61 Å². The Labute approximate surface area is 284 Å². The van der Waals surface area contributed by atoms with E-state index in [1.165, 1.54) is 15.9 Å². The standard InChI is InChI=1S/C40H45NO6S/c1-5-6-17-38-35(32-20-18-31(19-21-32)30-15-11-8-12-16-30)25-34(28(2)3)40(47-38)36-24-33(22-23-37(36)46-27-39(42)43)48(44,45)41(4)26-29-13-9-7-10-14-29/h7-16,18-24,34-35,38,40H,2,5-6,17,25-27H2,1,3-4H3,(H,42,43)/t34-,35-,38+,40+/m0/s1. The number of carboxylic acid groups (broad SMARTS) is 1. The average molecular weight is 668 g/mol. The number of ether oxygens (including phenoxy) is 2. The first-order valence-electron chi connectivity index (χ1n) is 16.5. The Balaban J connectivity index is 1.51. The van der Waals surface area contributed by atoms with Crippen molar-refractivity contribution in [1.29, 1.82) is 0 Å². The van der Waals surface area contributed by atoms with E-state index in [2.05, 4.69) is 49.9 Å². The highest BCUT2D eigenvalue weighted by molar-refractivity contribution is 7.89. The zero-order valence-corrected chi connectivity index (χ0v) is 28.7. The van der Waals surface area contributed by atoms with Crippen molar-refractivity contribution in [1.82, 2.24) is 4.31 Å². The summed E-state index contributed by atoms with van der Waals surface area (Å²) in [5, 5.41) is 9.43. The molecule has 1 N–H and O–H groups in total. The van der Waals surface area contributed by atoms with Gasteiger partial charge in [0.2, 0.25) is 10.0 Å². The molecule has 0 aliphatic carbocycles. The molecule has 1 aliphatic heterocycles. The molecule has 4 aromatic rings. The summed E-state index contributed by atoms with van der Waals surface area (Å²) < 4.78 is 41.8. The van der Waals surface area contributed by atoms with E-state index in [0.717, 1.165) is 47.9 Å². The molecule has 5 rings (SSSR count). The Bertz CT molecular complexity index is 1790. The van der Waals surface area contributed by atoms with Crippen LogP contribution in [0.2, 0.25) is 0 Å². The number of aliphatic carboxylic acids is 1. The second-order valence-corrected chi connectivity index (χ2v) is 14.7. The van der Waals surface area contributed by atoms with E-state index in [1.54, 1.807) is 19.2 Å². The summed E-state index contributed by atoms with van der Waals surface area (Å²) in [5.41, 5.74) is 5.76. The van der Waals surface area contributed by atoms with Crippen LogP contribution in [0.25, 0.3) is 11.1 Å². The number of carbonyl (C=O) groups is 1. The molecular weight excluding hydrogens is 623 g/mol. The van der Waals surface area contributed by atoms with E-state index in [9.17, 15) is 18.3 Å². The first-order chi connectivity index (χ1) is 23.1. The minimum absolute atomic E-state index is 0.0893. The molecule has 0 bridgehead atoms. The quantitative estimate of drug-likeness (QED) is 0.135. The summed E-state index contributed by atoms with van der Waals surface area (Å²) in [6.45, 7) is 8.09. The first-order valence-corrected chi connectivity index (χ1v) is 18.0. The highest BCUT2D eigenvalue weighted by atomic mass is 32.2. The van der Waals surface area contributed by atoms with E-state index in [4.69, 9.17) is 9.47 Å². The molecule has 0 spiro atoms. The van der Waals surface area contributed by atoms with Crippen molar-refractivity contribution < 1.29 is 27.8 Å². The summed E-state index contributed by atoms with van der Waals surface area (Å²) in [5.74, 6) is -0.917. The summed E-state index contributed by atoms with van der Waals surface area (Å²) in [7, 11) is -2.35. The number of hydrogen-bond acceptors (Lipinski definition) is 5. The molecule has 0 amide bonds. The number of rotatable bonds is 14. The predicted molar refractivity (Wildman–Crippen MR) is 189 cm³/mol. The van der Waals surface area contributed by atoms with E-state index >= 15 is 0 Å². The average Bonchev–Trinajstić information content (AvgIpc) is 3.10. The SMILES string of the molecule is C=C(C)[C@@H]1C[C@@H](c2ccc(-c3ccccc3)cc2)[C@@H](CCCC)O[C@H]1c1cc(S(=O)(=O)N(C)Cc2ccccc2)ccc1OCC(=O)O. The van der Waals surface area contributed by atoms with Crippen LogP contribution in [0.3, 0.4) is 0 Å². The second kappa shape index (κ2) is 15.8. The lowest BCUT2D eigenvalue weighted by Crippen LogP contribution is -2.36. The molecule has 1 fully saturated rings. The second-order valence-electron chi connectivity index (χ2n) is 12.6. The van der Waals surface area contributed by atoms with Crippen LogP contribution in [0.15, 0.2) is 120 Å². The zero-order valence-electron chi connectivity index (χ0n) is 27.9. The van der Waals surface area contributed by atoms with E-state index < -0.39 is 28.7 Å². The molecule has 4 atom stereocenters. The van der Waals surface area contributed by atoms with Crippen LogP contribution < -0.4 is 4.74 Å². The van der Waals surface area contributed by atoms with Crippen molar-refractivity contribution in [3.63, 3.8) is 0 Å². The molecule has 1 saturated heterocycles. The van der Waals surface area contributed by atoms with Crippen LogP contribution in [0.5, 0.6) is 5.75 Å². The van der Waals surface area contributed by atoms with Gasteiger partial charge in [-0.2, -0.15) is 4.31 Å². The van der Waals surface area contributed by atoms with Gasteiger partial charge in [-0.25, -0.2) is 13.2 Å². The monoisotopic (exact) mass is 667 g/mol. The van der Waals surface area contributed by atoms with Crippen LogP contribution in [0.4, 0.5) is 0 Å². The fraction of sp³-hybridized carbons (Fsp3) is 0.325. The number of carboxylic acids is 1. The van der Waals surface area contributed by atoms with Gasteiger partial charge in [0.25, 0.3) is 0 Å². The summed E-state index contributed by atoms with van der Waals surface area (Å²) in [6.07, 6.45) is 2.80. The summed E-state index contributed by atoms with van der Waals surface area (Å²) in [4.78, 5) is 11.6. The molecule has 0 unspecified atom stereocenters. The number of nitrogens with zero attached hydrogens (tertiary/aromatic N) is 1. The summed E-state index contributed by atoms with van der Waals surface area (Å²) in [6, 6.07) is 33.0. The van der Waals surface area contributed by atoms with Crippen molar-refractivity contribution in [2.24, 2.45) is 5.92 Å². The van der Waals surface area contributed by atoms with Crippen molar-refractivity contribution in [3.05, 3.63) is 132 Å². The van der Waals surface area contributed by atoms with Crippen molar-refractivity contribution >= 4 is 16.0 Å². The van der Waals surface area contributed by atoms with Crippen molar-refractivity contribution in [2.75, 3.05) is 13.7 Å². The third-order valence-corrected chi connectivity index (χ3v) is 11.0. The summed E-state index contributed by atoms with van der Waals surface area (Å²) >= 11 is 0. The number of hydrogen-bond donors (Lipinski definition) is 1. The number of unbranched alkanes of at least 4 members (excludes halogenated alkanes) is 1. The van der Waals surface area contributed by atoms with Crippen LogP contribution in [0.1, 0.15) is 68.2 Å². The number of benzene rings is 4. The molecule has 252 valence electrons. The highest BCUT2D eigenvalue weighted by Gasteiger charge is 2.41. The van der Waals surface area contributed by atoms with Gasteiger partial charge in [0.05, 0.1) is 17.1 Å². The molecule has 1 heterocycles. The topological polar surface area (TPSA) is 93.1 Å². The Hall–Kier alpha value is -4.24. The molecule has 8 heteroatoms. The fourth-order valence-electron chi connectivity index (χ4n) is 6.54. The Kier molecular flexibility index (Phi) is 11.5. The third-order valence-electron chi connectivity index (χ3n) is 9.16. The third kappa shape index (κ3) is 8.24. The maximum Gasteiger partial charge on any atom is 0.341 e. The minimum Gasteiger partial charge on any atom is -0.482 e. The maximum absolute atomic E-state index is 13.9. The van der Waals surface area contributed by atoms with Gasteiger partial charge in [0, 0.05) is 31.0 Å². The van der Waals surface area contributed by atoms with E-state index in [-0.39, 0.29) is 29.4 Å². The molecular formula is C40H45NO6S. The molecule has 0 aromatic heterocycles. The molecule has 7 nitrogen and oxygen atoms in total. The highest BCUT2D eigenvalue weighted by Crippen LogP contribution is 2.49. The predicted octanol–water partition coefficient (Wildman–Crippen LogP) is 8.63. The Morgan fingerprint density at radius 2 is 1.60 bits per heavy atom. The Morgan fingerprint density at radius 1 is 0.958 bits per heavy atom. The lowest BCUT2D eigenvalue weighted by Gasteiger charge is -2.43. The smallest absolute Gasteiger partial charge is 0.341 e. The number of sulfonamides is 1. The van der Waals surface area contributed by atoms with Crippen molar-refractivity contribution in [2.45, 2.75) is 69.1 Å².